The average Bonchev–Trinajstić information content (AvgIpc) is 2.32. The van der Waals surface area contributed by atoms with Gasteiger partial charge in [0.05, 0.1) is 5.69 Å². The first-order chi connectivity index (χ1) is 5.54. The third-order valence-electron chi connectivity index (χ3n) is 2.07. The van der Waals surface area contributed by atoms with E-state index in [-0.39, 0.29) is 6.04 Å². The zero-order chi connectivity index (χ0) is 9.30. The van der Waals surface area contributed by atoms with Crippen molar-refractivity contribution in [3.8, 4) is 0 Å². The standard InChI is InChI=1S/C8H15N3O/c1-4-6(3)10-11-7(4)8(12)5(2)9/h5,8,12H,9H2,1-3H3,(H,10,11). The summed E-state index contributed by atoms with van der Waals surface area (Å²) in [7, 11) is 0. The Hall–Kier alpha value is -0.870. The van der Waals surface area contributed by atoms with Gasteiger partial charge in [-0.1, -0.05) is 0 Å². The van der Waals surface area contributed by atoms with Gasteiger partial charge in [0.25, 0.3) is 0 Å². The second kappa shape index (κ2) is 3.25. The topological polar surface area (TPSA) is 74.9 Å². The molecule has 0 spiro atoms. The maximum Gasteiger partial charge on any atom is 0.113 e. The van der Waals surface area contributed by atoms with Gasteiger partial charge < -0.3 is 10.8 Å². The first-order valence-corrected chi connectivity index (χ1v) is 3.99. The van der Waals surface area contributed by atoms with Crippen LogP contribution in [0, 0.1) is 13.8 Å². The van der Waals surface area contributed by atoms with E-state index < -0.39 is 6.10 Å². The summed E-state index contributed by atoms with van der Waals surface area (Å²) >= 11 is 0. The van der Waals surface area contributed by atoms with Crippen molar-refractivity contribution in [1.29, 1.82) is 0 Å². The van der Waals surface area contributed by atoms with Crippen LogP contribution in [0.1, 0.15) is 30.0 Å². The van der Waals surface area contributed by atoms with E-state index in [2.05, 4.69) is 10.2 Å². The number of H-pyrrole nitrogens is 1. The van der Waals surface area contributed by atoms with Crippen LogP contribution in [-0.4, -0.2) is 21.3 Å². The predicted molar refractivity (Wildman–Crippen MR) is 46.7 cm³/mol. The SMILES string of the molecule is Cc1[nH]nc(C(O)C(C)N)c1C. The second-order valence-corrected chi connectivity index (χ2v) is 3.16. The maximum absolute atomic E-state index is 9.58. The molecule has 2 unspecified atom stereocenters. The molecule has 0 aliphatic rings. The van der Waals surface area contributed by atoms with Crippen molar-refractivity contribution in [2.24, 2.45) is 5.73 Å². The molecule has 1 aromatic heterocycles. The third-order valence-corrected chi connectivity index (χ3v) is 2.07. The van der Waals surface area contributed by atoms with Gasteiger partial charge in [0.1, 0.15) is 6.10 Å². The van der Waals surface area contributed by atoms with Crippen LogP contribution in [0.5, 0.6) is 0 Å². The van der Waals surface area contributed by atoms with E-state index in [9.17, 15) is 5.11 Å². The number of nitrogens with one attached hydrogen (secondary N) is 1. The van der Waals surface area contributed by atoms with Crippen LogP contribution < -0.4 is 5.73 Å². The number of nitrogens with two attached hydrogens (primary N) is 1. The molecule has 0 aliphatic carbocycles. The van der Waals surface area contributed by atoms with Crippen molar-refractivity contribution >= 4 is 0 Å². The largest absolute Gasteiger partial charge is 0.385 e. The van der Waals surface area contributed by atoms with Crippen LogP contribution in [0.15, 0.2) is 0 Å². The molecule has 0 saturated carbocycles. The normalized spacial score (nSPS) is 16.1. The first kappa shape index (κ1) is 9.22. The van der Waals surface area contributed by atoms with Crippen LogP contribution in [0.25, 0.3) is 0 Å². The van der Waals surface area contributed by atoms with E-state index in [1.54, 1.807) is 6.92 Å². The van der Waals surface area contributed by atoms with Gasteiger partial charge in [0.15, 0.2) is 0 Å². The van der Waals surface area contributed by atoms with Crippen LogP contribution >= 0.6 is 0 Å². The number of rotatable bonds is 2. The van der Waals surface area contributed by atoms with E-state index in [0.29, 0.717) is 5.69 Å². The molecule has 4 heteroatoms. The molecule has 1 aromatic rings. The van der Waals surface area contributed by atoms with Crippen LogP contribution in [-0.2, 0) is 0 Å². The Morgan fingerprint density at radius 2 is 2.08 bits per heavy atom. The number of hydrogen-bond acceptors (Lipinski definition) is 3. The molecule has 12 heavy (non-hydrogen) atoms. The predicted octanol–water partition coefficient (Wildman–Crippen LogP) is 0.407. The molecule has 2 atom stereocenters. The number of aliphatic hydroxyl groups is 1. The lowest BCUT2D eigenvalue weighted by Gasteiger charge is -2.12. The van der Waals surface area contributed by atoms with Gasteiger partial charge in [-0.05, 0) is 26.3 Å². The molecule has 0 bridgehead atoms. The minimum absolute atomic E-state index is 0.286. The smallest absolute Gasteiger partial charge is 0.113 e. The lowest BCUT2D eigenvalue weighted by Crippen LogP contribution is -2.25. The van der Waals surface area contributed by atoms with E-state index in [0.717, 1.165) is 11.3 Å². The van der Waals surface area contributed by atoms with E-state index in [1.165, 1.54) is 0 Å². The molecule has 0 fully saturated rings. The molecule has 1 rings (SSSR count). The molecule has 0 radical (unpaired) electrons. The summed E-state index contributed by atoms with van der Waals surface area (Å²) in [5.74, 6) is 0. The van der Waals surface area contributed by atoms with Crippen molar-refractivity contribution in [2.45, 2.75) is 32.9 Å². The zero-order valence-corrected chi connectivity index (χ0v) is 7.63. The molecule has 4 nitrogen and oxygen atoms in total. The van der Waals surface area contributed by atoms with E-state index in [4.69, 9.17) is 5.73 Å². The monoisotopic (exact) mass is 169 g/mol. The zero-order valence-electron chi connectivity index (χ0n) is 7.63. The van der Waals surface area contributed by atoms with Crippen molar-refractivity contribution < 1.29 is 5.11 Å². The summed E-state index contributed by atoms with van der Waals surface area (Å²) in [6, 6.07) is -0.286. The molecule has 4 N–H and O–H groups in total. The quantitative estimate of drug-likeness (QED) is 0.600. The molecule has 0 aliphatic heterocycles. The van der Waals surface area contributed by atoms with Gasteiger partial charge in [-0.15, -0.1) is 0 Å². The molecular formula is C8H15N3O. The number of aryl methyl sites for hydroxylation is 1. The van der Waals surface area contributed by atoms with Crippen molar-refractivity contribution in [2.75, 3.05) is 0 Å². The van der Waals surface area contributed by atoms with E-state index in [1.807, 2.05) is 13.8 Å². The van der Waals surface area contributed by atoms with Crippen molar-refractivity contribution in [3.05, 3.63) is 17.0 Å². The summed E-state index contributed by atoms with van der Waals surface area (Å²) < 4.78 is 0. The van der Waals surface area contributed by atoms with Gasteiger partial charge >= 0.3 is 0 Å². The highest BCUT2D eigenvalue weighted by Crippen LogP contribution is 2.18. The third kappa shape index (κ3) is 1.49. The Kier molecular flexibility index (Phi) is 2.49. The summed E-state index contributed by atoms with van der Waals surface area (Å²) in [6.45, 7) is 5.59. The molecule has 0 amide bonds. The number of nitrogens with zero attached hydrogens (tertiary/aromatic N) is 1. The molecule has 1 heterocycles. The van der Waals surface area contributed by atoms with Crippen LogP contribution in [0.2, 0.25) is 0 Å². The Morgan fingerprint density at radius 3 is 2.42 bits per heavy atom. The van der Waals surface area contributed by atoms with Crippen LogP contribution in [0.3, 0.4) is 0 Å². The second-order valence-electron chi connectivity index (χ2n) is 3.16. The number of aromatic amines is 1. The lowest BCUT2D eigenvalue weighted by atomic mass is 10.1. The molecule has 68 valence electrons. The van der Waals surface area contributed by atoms with Gasteiger partial charge in [-0.3, -0.25) is 5.10 Å². The minimum Gasteiger partial charge on any atom is -0.385 e. The number of aromatic nitrogens is 2. The fourth-order valence-corrected chi connectivity index (χ4v) is 1.04. The van der Waals surface area contributed by atoms with Crippen LogP contribution in [0.4, 0.5) is 0 Å². The average molecular weight is 169 g/mol. The van der Waals surface area contributed by atoms with Gasteiger partial charge in [-0.2, -0.15) is 5.10 Å². The maximum atomic E-state index is 9.58. The lowest BCUT2D eigenvalue weighted by molar-refractivity contribution is 0.148. The highest BCUT2D eigenvalue weighted by atomic mass is 16.3. The summed E-state index contributed by atoms with van der Waals surface area (Å²) in [5, 5.41) is 16.4. The van der Waals surface area contributed by atoms with Gasteiger partial charge in [0, 0.05) is 11.7 Å². The Labute approximate surface area is 71.8 Å². The Bertz CT molecular complexity index is 267. The fraction of sp³-hybridized carbons (Fsp3) is 0.625. The van der Waals surface area contributed by atoms with Crippen molar-refractivity contribution in [1.82, 2.24) is 10.2 Å². The first-order valence-electron chi connectivity index (χ1n) is 3.99. The minimum atomic E-state index is -0.671. The van der Waals surface area contributed by atoms with Gasteiger partial charge in [0.2, 0.25) is 0 Å². The molecule has 0 saturated heterocycles. The Morgan fingerprint density at radius 1 is 1.50 bits per heavy atom. The summed E-state index contributed by atoms with van der Waals surface area (Å²) in [5.41, 5.74) is 8.16. The highest BCUT2D eigenvalue weighted by molar-refractivity contribution is 5.24. The Balaban J connectivity index is 2.95. The molecular weight excluding hydrogens is 154 g/mol. The summed E-state index contributed by atoms with van der Waals surface area (Å²) in [4.78, 5) is 0. The molecule has 0 aromatic carbocycles. The number of hydrogen-bond donors (Lipinski definition) is 3. The number of aliphatic hydroxyl groups excluding tert-OH is 1. The summed E-state index contributed by atoms with van der Waals surface area (Å²) in [6.07, 6.45) is -0.671. The fourth-order valence-electron chi connectivity index (χ4n) is 1.04. The van der Waals surface area contributed by atoms with Gasteiger partial charge in [-0.25, -0.2) is 0 Å². The van der Waals surface area contributed by atoms with E-state index >= 15 is 0 Å². The highest BCUT2D eigenvalue weighted by Gasteiger charge is 2.18. The van der Waals surface area contributed by atoms with Crippen molar-refractivity contribution in [3.63, 3.8) is 0 Å².